The molecule has 0 amide bonds. The molecule has 0 radical (unpaired) electrons. The first kappa shape index (κ1) is 14.5. The monoisotopic (exact) mass is 316 g/mol. The summed E-state index contributed by atoms with van der Waals surface area (Å²) < 4.78 is 6.33. The number of alkyl halides is 1. The second-order valence-electron chi connectivity index (χ2n) is 6.63. The third-order valence-corrected chi connectivity index (χ3v) is 6.25. The van der Waals surface area contributed by atoms with Crippen molar-refractivity contribution in [2.75, 3.05) is 0 Å². The van der Waals surface area contributed by atoms with Gasteiger partial charge in [0, 0.05) is 4.83 Å². The van der Waals surface area contributed by atoms with E-state index in [0.29, 0.717) is 5.92 Å². The summed E-state index contributed by atoms with van der Waals surface area (Å²) in [6, 6.07) is 0. The molecule has 1 aliphatic carbocycles. The molecule has 1 heterocycles. The van der Waals surface area contributed by atoms with Crippen molar-refractivity contribution in [2.24, 2.45) is 5.92 Å². The van der Waals surface area contributed by atoms with E-state index < -0.39 is 5.60 Å². The fraction of sp³-hybridized carbons (Fsp3) is 0.867. The summed E-state index contributed by atoms with van der Waals surface area (Å²) in [5.74, 6) is 0.426. The number of ether oxygens (including phenoxy) is 1. The molecule has 3 heteroatoms. The Kier molecular flexibility index (Phi) is 3.97. The molecule has 0 bridgehead atoms. The molecule has 104 valence electrons. The van der Waals surface area contributed by atoms with Crippen molar-refractivity contribution in [1.29, 1.82) is 0 Å². The zero-order valence-corrected chi connectivity index (χ0v) is 13.5. The van der Waals surface area contributed by atoms with Crippen LogP contribution in [-0.4, -0.2) is 27.2 Å². The third kappa shape index (κ3) is 2.54. The van der Waals surface area contributed by atoms with E-state index in [2.05, 4.69) is 49.7 Å². The number of allylic oxidation sites excluding steroid dienone is 2. The van der Waals surface area contributed by atoms with Crippen molar-refractivity contribution < 1.29 is 9.84 Å². The van der Waals surface area contributed by atoms with Gasteiger partial charge in [0.05, 0.1) is 17.3 Å². The van der Waals surface area contributed by atoms with E-state index in [4.69, 9.17) is 4.74 Å². The van der Waals surface area contributed by atoms with Gasteiger partial charge in [0.1, 0.15) is 0 Å². The van der Waals surface area contributed by atoms with Crippen molar-refractivity contribution in [2.45, 2.75) is 75.5 Å². The van der Waals surface area contributed by atoms with Crippen molar-refractivity contribution >= 4 is 15.9 Å². The minimum atomic E-state index is -0.412. The molecule has 1 fully saturated rings. The molecule has 18 heavy (non-hydrogen) atoms. The van der Waals surface area contributed by atoms with E-state index in [9.17, 15) is 5.11 Å². The molecule has 4 atom stereocenters. The van der Waals surface area contributed by atoms with Crippen molar-refractivity contribution in [3.05, 3.63) is 11.6 Å². The summed E-state index contributed by atoms with van der Waals surface area (Å²) in [5.41, 5.74) is 0.840. The summed E-state index contributed by atoms with van der Waals surface area (Å²) >= 11 is 3.64. The maximum Gasteiger partial charge on any atom is 0.0951 e. The summed E-state index contributed by atoms with van der Waals surface area (Å²) in [6.07, 6.45) is 5.98. The Balaban J connectivity index is 2.19. The molecule has 0 aromatic carbocycles. The lowest BCUT2D eigenvalue weighted by Crippen LogP contribution is -2.60. The smallest absolute Gasteiger partial charge is 0.0951 e. The van der Waals surface area contributed by atoms with Gasteiger partial charge in [-0.05, 0) is 59.3 Å². The first-order valence-corrected chi connectivity index (χ1v) is 7.85. The Bertz CT molecular complexity index is 350. The van der Waals surface area contributed by atoms with Crippen LogP contribution in [0, 0.1) is 5.92 Å². The van der Waals surface area contributed by atoms with Gasteiger partial charge in [-0.2, -0.15) is 0 Å². The summed E-state index contributed by atoms with van der Waals surface area (Å²) in [7, 11) is 0. The summed E-state index contributed by atoms with van der Waals surface area (Å²) in [5, 5.41) is 10.5. The van der Waals surface area contributed by atoms with Gasteiger partial charge < -0.3 is 9.84 Å². The average Bonchev–Trinajstić information content (AvgIpc) is 2.27. The van der Waals surface area contributed by atoms with E-state index in [1.807, 2.05) is 0 Å². The molecule has 2 aliphatic rings. The van der Waals surface area contributed by atoms with Gasteiger partial charge in [-0.1, -0.05) is 27.6 Å². The molecular weight excluding hydrogens is 292 g/mol. The lowest BCUT2D eigenvalue weighted by Gasteiger charge is -2.53. The molecule has 0 aromatic heterocycles. The molecule has 1 N–H and O–H groups in total. The van der Waals surface area contributed by atoms with Gasteiger partial charge in [0.2, 0.25) is 0 Å². The zero-order chi connectivity index (χ0) is 13.6. The van der Waals surface area contributed by atoms with Crippen LogP contribution in [0.3, 0.4) is 0 Å². The molecule has 2 nitrogen and oxygen atoms in total. The zero-order valence-electron chi connectivity index (χ0n) is 11.9. The Labute approximate surface area is 119 Å². The van der Waals surface area contributed by atoms with Gasteiger partial charge in [0.25, 0.3) is 0 Å². The number of aliphatic hydroxyl groups excluding tert-OH is 1. The quantitative estimate of drug-likeness (QED) is 0.588. The predicted molar refractivity (Wildman–Crippen MR) is 78.0 cm³/mol. The highest BCUT2D eigenvalue weighted by Gasteiger charge is 2.51. The molecule has 0 saturated carbocycles. The number of rotatable bonds is 1. The Morgan fingerprint density at radius 1 is 1.39 bits per heavy atom. The Morgan fingerprint density at radius 3 is 2.61 bits per heavy atom. The third-order valence-electron chi connectivity index (χ3n) is 4.78. The number of halogens is 1. The van der Waals surface area contributed by atoms with Crippen LogP contribution in [0.1, 0.15) is 53.4 Å². The minimum Gasteiger partial charge on any atom is -0.390 e. The lowest BCUT2D eigenvalue weighted by atomic mass is 9.72. The molecule has 0 aromatic rings. The maximum atomic E-state index is 10.5. The molecule has 4 unspecified atom stereocenters. The topological polar surface area (TPSA) is 29.5 Å². The van der Waals surface area contributed by atoms with E-state index in [1.165, 1.54) is 5.57 Å². The first-order valence-electron chi connectivity index (χ1n) is 6.93. The average molecular weight is 317 g/mol. The molecular formula is C15H25BrO2. The fourth-order valence-electron chi connectivity index (χ4n) is 3.25. The lowest BCUT2D eigenvalue weighted by molar-refractivity contribution is -0.235. The molecule has 0 spiro atoms. The molecule has 2 rings (SSSR count). The SMILES string of the molecule is CC1=CCC(C2(C)OC(C)(C)C(Br)CC2O)CC1. The standard InChI is InChI=1S/C15H25BrO2/c1-10-5-7-11(8-6-10)15(4)13(17)9-12(16)14(2,3)18-15/h5,11-13,17H,6-9H2,1-4H3. The van der Waals surface area contributed by atoms with Crippen LogP contribution in [0.25, 0.3) is 0 Å². The highest BCUT2D eigenvalue weighted by Crippen LogP contribution is 2.46. The van der Waals surface area contributed by atoms with E-state index in [1.54, 1.807) is 0 Å². The van der Waals surface area contributed by atoms with E-state index >= 15 is 0 Å². The fourth-order valence-corrected chi connectivity index (χ4v) is 3.70. The van der Waals surface area contributed by atoms with E-state index in [-0.39, 0.29) is 16.5 Å². The predicted octanol–water partition coefficient (Wildman–Crippen LogP) is 3.81. The number of aliphatic hydroxyl groups is 1. The second kappa shape index (κ2) is 4.92. The highest BCUT2D eigenvalue weighted by molar-refractivity contribution is 9.09. The normalized spacial score (nSPS) is 44.6. The van der Waals surface area contributed by atoms with Crippen LogP contribution in [0.15, 0.2) is 11.6 Å². The largest absolute Gasteiger partial charge is 0.390 e. The van der Waals surface area contributed by atoms with Gasteiger partial charge >= 0.3 is 0 Å². The number of hydrogen-bond donors (Lipinski definition) is 1. The van der Waals surface area contributed by atoms with Crippen LogP contribution in [0.4, 0.5) is 0 Å². The summed E-state index contributed by atoms with van der Waals surface area (Å²) in [4.78, 5) is 0.217. The van der Waals surface area contributed by atoms with Crippen LogP contribution in [-0.2, 0) is 4.74 Å². The van der Waals surface area contributed by atoms with Crippen LogP contribution in [0.5, 0.6) is 0 Å². The molecule has 1 aliphatic heterocycles. The minimum absolute atomic E-state index is 0.217. The van der Waals surface area contributed by atoms with E-state index in [0.717, 1.165) is 25.7 Å². The molecule has 1 saturated heterocycles. The Hall–Kier alpha value is 0.140. The van der Waals surface area contributed by atoms with Crippen LogP contribution in [0.2, 0.25) is 0 Å². The van der Waals surface area contributed by atoms with Gasteiger partial charge in [-0.3, -0.25) is 0 Å². The van der Waals surface area contributed by atoms with Gasteiger partial charge in [0.15, 0.2) is 0 Å². The maximum absolute atomic E-state index is 10.5. The van der Waals surface area contributed by atoms with Crippen LogP contribution >= 0.6 is 15.9 Å². The highest BCUT2D eigenvalue weighted by atomic mass is 79.9. The first-order chi connectivity index (χ1) is 8.25. The summed E-state index contributed by atoms with van der Waals surface area (Å²) in [6.45, 7) is 8.51. The van der Waals surface area contributed by atoms with Gasteiger partial charge in [-0.15, -0.1) is 0 Å². The van der Waals surface area contributed by atoms with Gasteiger partial charge in [-0.25, -0.2) is 0 Å². The second-order valence-corrected chi connectivity index (χ2v) is 7.74. The van der Waals surface area contributed by atoms with Crippen molar-refractivity contribution in [3.8, 4) is 0 Å². The number of hydrogen-bond acceptors (Lipinski definition) is 2. The Morgan fingerprint density at radius 2 is 2.06 bits per heavy atom. The van der Waals surface area contributed by atoms with Crippen molar-refractivity contribution in [1.82, 2.24) is 0 Å². The van der Waals surface area contributed by atoms with Crippen molar-refractivity contribution in [3.63, 3.8) is 0 Å². The van der Waals surface area contributed by atoms with Crippen LogP contribution < -0.4 is 0 Å².